The Bertz CT molecular complexity index is 1550. The van der Waals surface area contributed by atoms with E-state index in [0.717, 1.165) is 53.8 Å². The number of aromatic nitrogens is 2. The third-order valence-corrected chi connectivity index (χ3v) is 7.12. The lowest BCUT2D eigenvalue weighted by Gasteiger charge is -2.10. The van der Waals surface area contributed by atoms with Crippen LogP contribution in [0, 0.1) is 0 Å². The molecule has 1 aliphatic heterocycles. The molecular weight excluding hydrogens is 477 g/mol. The number of hydrogen-bond donors (Lipinski definition) is 1. The second kappa shape index (κ2) is 8.95. The first kappa shape index (κ1) is 22.0. The summed E-state index contributed by atoms with van der Waals surface area (Å²) in [6, 6.07) is 25.3. The van der Waals surface area contributed by atoms with Crippen molar-refractivity contribution in [1.82, 2.24) is 8.97 Å². The van der Waals surface area contributed by atoms with Crippen LogP contribution in [0.25, 0.3) is 28.0 Å². The number of nitrogens with one attached hydrogen (secondary N) is 1. The molecule has 2 aromatic heterocycles. The summed E-state index contributed by atoms with van der Waals surface area (Å²) in [6.07, 6.45) is 5.16. The Morgan fingerprint density at radius 3 is 2.40 bits per heavy atom. The van der Waals surface area contributed by atoms with E-state index in [-0.39, 0.29) is 5.91 Å². The largest absolute Gasteiger partial charge is 0.325 e. The van der Waals surface area contributed by atoms with E-state index in [1.165, 1.54) is 5.56 Å². The number of imidazole rings is 1. The zero-order chi connectivity index (χ0) is 23.9. The van der Waals surface area contributed by atoms with Gasteiger partial charge in [-0.15, -0.1) is 0 Å². The number of benzene rings is 3. The second-order valence-corrected chi connectivity index (χ2v) is 9.73. The summed E-state index contributed by atoms with van der Waals surface area (Å²) < 4.78 is 4.43. The molecule has 6 heteroatoms. The minimum atomic E-state index is -0.159. The van der Waals surface area contributed by atoms with Gasteiger partial charge in [-0.25, -0.2) is 0 Å². The second-order valence-electron chi connectivity index (χ2n) is 8.86. The molecule has 3 heterocycles. The number of aryl methyl sites for hydroxylation is 2. The highest BCUT2D eigenvalue weighted by Gasteiger charge is 2.29. The Labute approximate surface area is 213 Å². The Morgan fingerprint density at radius 2 is 1.63 bits per heavy atom. The maximum absolute atomic E-state index is 13.9. The van der Waals surface area contributed by atoms with Crippen molar-refractivity contribution in [2.24, 2.45) is 0 Å². The first-order valence-electron chi connectivity index (χ1n) is 11.7. The lowest BCUT2D eigenvalue weighted by Crippen LogP contribution is -2.15. The van der Waals surface area contributed by atoms with Gasteiger partial charge in [-0.3, -0.25) is 9.20 Å². The molecule has 0 bridgehead atoms. The van der Waals surface area contributed by atoms with Crippen molar-refractivity contribution in [3.63, 3.8) is 0 Å². The third-order valence-electron chi connectivity index (χ3n) is 6.63. The van der Waals surface area contributed by atoms with Crippen molar-refractivity contribution >= 4 is 40.4 Å². The summed E-state index contributed by atoms with van der Waals surface area (Å²) in [5, 5.41) is 4.37. The fraction of sp³-hybridized carbons (Fsp3) is 0.138. The van der Waals surface area contributed by atoms with Gasteiger partial charge < -0.3 is 9.88 Å². The van der Waals surface area contributed by atoms with Crippen LogP contribution in [0.3, 0.4) is 0 Å². The fourth-order valence-corrected chi connectivity index (χ4v) is 5.45. The smallest absolute Gasteiger partial charge is 0.273 e. The van der Waals surface area contributed by atoms with Crippen LogP contribution in [0.5, 0.6) is 0 Å². The molecule has 5 aromatic rings. The molecule has 1 amide bonds. The minimum Gasteiger partial charge on any atom is -0.325 e. The summed E-state index contributed by atoms with van der Waals surface area (Å²) in [7, 11) is 0. The molecule has 0 spiro atoms. The molecule has 4 nitrogen and oxygen atoms in total. The van der Waals surface area contributed by atoms with E-state index in [1.54, 1.807) is 12.1 Å². The molecule has 0 aliphatic carbocycles. The van der Waals surface area contributed by atoms with Crippen LogP contribution in [0.1, 0.15) is 28.9 Å². The number of carbonyl (C=O) groups is 1. The zero-order valence-corrected chi connectivity index (χ0v) is 20.5. The molecule has 0 atom stereocenters. The average Bonchev–Trinajstić information content (AvgIpc) is 3.28. The van der Waals surface area contributed by atoms with Gasteiger partial charge in [-0.1, -0.05) is 71.7 Å². The molecule has 0 unspecified atom stereocenters. The van der Waals surface area contributed by atoms with Gasteiger partial charge in [-0.05, 0) is 60.7 Å². The number of rotatable bonds is 4. The molecule has 3 aromatic carbocycles. The Balaban J connectivity index is 1.60. The number of carbonyl (C=O) groups excluding carboxylic acids is 1. The molecule has 1 aliphatic rings. The van der Waals surface area contributed by atoms with Gasteiger partial charge in [0.15, 0.2) is 0 Å². The normalized spacial score (nSPS) is 13.1. The lowest BCUT2D eigenvalue weighted by atomic mass is 9.98. The fourth-order valence-electron chi connectivity index (χ4n) is 5.13. The monoisotopic (exact) mass is 499 g/mol. The van der Waals surface area contributed by atoms with Gasteiger partial charge in [0.2, 0.25) is 0 Å². The van der Waals surface area contributed by atoms with Crippen molar-refractivity contribution in [2.45, 2.75) is 25.8 Å². The van der Waals surface area contributed by atoms with E-state index >= 15 is 0 Å². The van der Waals surface area contributed by atoms with Gasteiger partial charge in [0.1, 0.15) is 11.3 Å². The van der Waals surface area contributed by atoms with Crippen molar-refractivity contribution < 1.29 is 4.79 Å². The Kier molecular flexibility index (Phi) is 5.63. The van der Waals surface area contributed by atoms with Crippen molar-refractivity contribution in [1.29, 1.82) is 0 Å². The van der Waals surface area contributed by atoms with Gasteiger partial charge >= 0.3 is 0 Å². The molecule has 0 fully saturated rings. The number of hydrogen-bond acceptors (Lipinski definition) is 1. The van der Waals surface area contributed by atoms with E-state index < -0.39 is 0 Å². The van der Waals surface area contributed by atoms with E-state index in [0.29, 0.717) is 21.4 Å². The van der Waals surface area contributed by atoms with Crippen LogP contribution in [-0.2, 0) is 13.0 Å². The maximum atomic E-state index is 13.9. The predicted molar refractivity (Wildman–Crippen MR) is 144 cm³/mol. The number of anilines is 1. The summed E-state index contributed by atoms with van der Waals surface area (Å²) in [4.78, 5) is 13.9. The van der Waals surface area contributed by atoms with Crippen molar-refractivity contribution in [2.75, 3.05) is 5.32 Å². The summed E-state index contributed by atoms with van der Waals surface area (Å²) >= 11 is 12.3. The third kappa shape index (κ3) is 3.93. The number of halogens is 2. The molecule has 6 rings (SSSR count). The van der Waals surface area contributed by atoms with Crippen LogP contribution >= 0.6 is 23.2 Å². The van der Waals surface area contributed by atoms with E-state index in [4.69, 9.17) is 23.2 Å². The molecule has 0 saturated carbocycles. The van der Waals surface area contributed by atoms with E-state index in [9.17, 15) is 4.79 Å². The molecule has 174 valence electrons. The Morgan fingerprint density at radius 1 is 0.829 bits per heavy atom. The van der Waals surface area contributed by atoms with E-state index in [2.05, 4.69) is 32.6 Å². The average molecular weight is 500 g/mol. The van der Waals surface area contributed by atoms with Gasteiger partial charge in [0.25, 0.3) is 5.91 Å². The topological polar surface area (TPSA) is 38.4 Å². The summed E-state index contributed by atoms with van der Waals surface area (Å²) in [5.41, 5.74) is 7.80. The highest BCUT2D eigenvalue weighted by atomic mass is 35.5. The minimum absolute atomic E-state index is 0.159. The first-order valence-corrected chi connectivity index (χ1v) is 12.5. The van der Waals surface area contributed by atoms with Gasteiger partial charge in [0.05, 0.1) is 5.69 Å². The molecular formula is C29H23Cl2N3O. The SMILES string of the molecule is O=C(Nc1cccc(Cl)c1)c1c(-c2ccccc2)c2c3n(c(-c4ccc(Cl)cc4)cn13)CCCC2. The van der Waals surface area contributed by atoms with E-state index in [1.807, 2.05) is 54.6 Å². The van der Waals surface area contributed by atoms with Crippen molar-refractivity contribution in [3.05, 3.63) is 106 Å². The Hall–Kier alpha value is -3.47. The summed E-state index contributed by atoms with van der Waals surface area (Å²) in [6.45, 7) is 0.898. The lowest BCUT2D eigenvalue weighted by molar-refractivity contribution is 0.102. The predicted octanol–water partition coefficient (Wildman–Crippen LogP) is 7.97. The van der Waals surface area contributed by atoms with Crippen LogP contribution in [0.15, 0.2) is 85.1 Å². The standard InChI is InChI=1S/C29H23Cl2N3O/c30-21-14-12-19(13-15-21)25-18-34-27(28(35)32-23-10-6-9-22(31)17-23)26(20-7-2-1-3-8-20)24-11-4-5-16-33(25)29(24)34/h1-3,6-10,12-15,17-18H,4-5,11,16H2,(H,32,35). The van der Waals surface area contributed by atoms with Crippen LogP contribution in [-0.4, -0.2) is 14.9 Å². The van der Waals surface area contributed by atoms with Crippen LogP contribution in [0.4, 0.5) is 5.69 Å². The zero-order valence-electron chi connectivity index (χ0n) is 19.0. The first-order chi connectivity index (χ1) is 17.1. The van der Waals surface area contributed by atoms with Gasteiger partial charge in [0, 0.05) is 39.6 Å². The molecule has 1 N–H and O–H groups in total. The number of amides is 1. The summed E-state index contributed by atoms with van der Waals surface area (Å²) in [5.74, 6) is -0.159. The molecule has 35 heavy (non-hydrogen) atoms. The highest BCUT2D eigenvalue weighted by molar-refractivity contribution is 6.31. The van der Waals surface area contributed by atoms with Crippen molar-refractivity contribution in [3.8, 4) is 22.4 Å². The maximum Gasteiger partial charge on any atom is 0.273 e. The highest BCUT2D eigenvalue weighted by Crippen LogP contribution is 2.39. The quantitative estimate of drug-likeness (QED) is 0.267. The van der Waals surface area contributed by atoms with Crippen LogP contribution < -0.4 is 5.32 Å². The molecule has 0 radical (unpaired) electrons. The number of nitrogens with zero attached hydrogens (tertiary/aromatic N) is 2. The van der Waals surface area contributed by atoms with Gasteiger partial charge in [-0.2, -0.15) is 0 Å². The van der Waals surface area contributed by atoms with Crippen LogP contribution in [0.2, 0.25) is 10.0 Å². The molecule has 0 saturated heterocycles.